The average Bonchev–Trinajstić information content (AvgIpc) is 0.654. The monoisotopic (exact) mass is 1880 g/mol. The van der Waals surface area contributed by atoms with Crippen LogP contribution in [0.3, 0.4) is 0 Å². The van der Waals surface area contributed by atoms with Gasteiger partial charge in [0.15, 0.2) is 0 Å². The Morgan fingerprint density at radius 1 is 0.395 bits per heavy atom. The highest BCUT2D eigenvalue weighted by atomic mass is 35.5. The fourth-order valence-electron chi connectivity index (χ4n) is 10.4. The number of carbonyl (C=O) groups excluding carboxylic acids is 4. The third-order valence-electron chi connectivity index (χ3n) is 17.1. The number of hydrogen-bond donors (Lipinski definition) is 14. The number of nitro groups is 4. The van der Waals surface area contributed by atoms with E-state index in [0.29, 0.717) is 22.3 Å². The molecule has 0 aromatic heterocycles. The van der Waals surface area contributed by atoms with Gasteiger partial charge in [-0.1, -0.05) is 96.1 Å². The van der Waals surface area contributed by atoms with Crippen molar-refractivity contribution in [3.63, 3.8) is 0 Å². The molecule has 0 unspecified atom stereocenters. The van der Waals surface area contributed by atoms with Gasteiger partial charge in [-0.3, -0.25) is 68.7 Å². The van der Waals surface area contributed by atoms with E-state index in [0.717, 1.165) is 60.7 Å². The van der Waals surface area contributed by atoms with Gasteiger partial charge in [0, 0.05) is 76.5 Å². The zero-order chi connectivity index (χ0) is 99.2. The minimum Gasteiger partial charge on any atom is -0.480 e. The van der Waals surface area contributed by atoms with Crippen LogP contribution in [0.25, 0.3) is 0 Å². The van der Waals surface area contributed by atoms with Gasteiger partial charge < -0.3 is 78.1 Å². The van der Waals surface area contributed by atoms with E-state index in [4.69, 9.17) is 79.6 Å². The lowest BCUT2D eigenvalue weighted by molar-refractivity contribution is -0.742. The molecule has 51 heteroatoms. The highest BCUT2D eigenvalue weighted by molar-refractivity contribution is 7.79. The van der Waals surface area contributed by atoms with Gasteiger partial charge >= 0.3 is 69.8 Å². The zero-order valence-electron chi connectivity index (χ0n) is 70.3. The molecule has 7 aromatic rings. The molecule has 0 saturated heterocycles. The summed E-state index contributed by atoms with van der Waals surface area (Å²) >= 11 is 0. The number of aliphatic carboxylic acids is 5. The first-order valence-electron chi connectivity index (χ1n) is 36.4. The second kappa shape index (κ2) is 54.0. The number of nitro benzene ring substituents is 4. The minimum absolute atomic E-state index is 0. The topological polar surface area (TPSA) is 707 Å². The van der Waals surface area contributed by atoms with Crippen molar-refractivity contribution in [1.29, 1.82) is 0 Å². The number of carboxylic acid groups (broad SMARTS) is 5. The first-order chi connectivity index (χ1) is 58.8. The molecule has 708 valence electrons. The molecule has 0 aliphatic carbocycles. The maximum atomic E-state index is 13.7. The molecule has 0 aliphatic heterocycles. The van der Waals surface area contributed by atoms with Gasteiger partial charge in [0.05, 0.1) is 26.8 Å². The normalized spacial score (nSPS) is 13.4. The van der Waals surface area contributed by atoms with E-state index in [1.807, 2.05) is 0 Å². The van der Waals surface area contributed by atoms with Crippen molar-refractivity contribution in [1.82, 2.24) is 16.0 Å². The van der Waals surface area contributed by atoms with Crippen LogP contribution >= 0.6 is 12.4 Å². The summed E-state index contributed by atoms with van der Waals surface area (Å²) in [6, 6.07) is 24.9. The molecule has 12 atom stereocenters. The van der Waals surface area contributed by atoms with Crippen molar-refractivity contribution in [3.8, 4) is 0 Å². The number of esters is 1. The Morgan fingerprint density at radius 3 is 0.984 bits per heavy atom. The van der Waals surface area contributed by atoms with Crippen molar-refractivity contribution >= 4 is 99.5 Å². The third kappa shape index (κ3) is 43.0. The van der Waals surface area contributed by atoms with Crippen molar-refractivity contribution in [3.05, 3.63) is 276 Å². The van der Waals surface area contributed by atoms with E-state index in [1.165, 1.54) is 77.3 Å². The SMILES string of the molecule is COC(=O)[C@@H](NC(=O)c1ccccc1)[C@H](C)c1cccc(F)c1.C[C@@H](c1cc(F)ccc1[N+](=O)[O-])[C@@H](N)C(=O)O.C[C@@H](c1cc(F)ccc1[N+](=O)[O-])[C@@H](NC(=O)OC(C)(C)C)C(=O)O.C[C@@H](c1ccc([N+](=O)[O-])c(F)c1)[C@@H](N)C(=O)O.C[C@@H](c1ccc([N+](=O)[O-])c(F)c1)[C@@H](NC(=O)OC(C)(C)C)C(=O)O.C[C@@H](c1cccc(F)c1)[C@@H](N)C(=O)O.Cl.O=S(=O)(O)O.O=[N+]([O-])O. The number of nitrogens with zero attached hydrogens (tertiary/aromatic N) is 5. The number of alkyl carbamates (subject to hydrolysis) is 2. The van der Waals surface area contributed by atoms with Gasteiger partial charge in [0.2, 0.25) is 11.6 Å². The fourth-order valence-corrected chi connectivity index (χ4v) is 10.4. The number of carboxylic acids is 5. The predicted molar refractivity (Wildman–Crippen MR) is 444 cm³/mol. The van der Waals surface area contributed by atoms with E-state index < -0.39 is 212 Å². The number of rotatable bonds is 26. The molecule has 7 rings (SSSR count). The van der Waals surface area contributed by atoms with Crippen LogP contribution in [0.4, 0.5) is 58.7 Å². The Morgan fingerprint density at radius 2 is 0.682 bits per heavy atom. The molecule has 43 nitrogen and oxygen atoms in total. The largest absolute Gasteiger partial charge is 0.480 e. The molecule has 0 spiro atoms. The third-order valence-corrected chi connectivity index (χ3v) is 17.1. The van der Waals surface area contributed by atoms with Crippen molar-refractivity contribution in [2.24, 2.45) is 17.2 Å². The Balaban J connectivity index is 0. The minimum atomic E-state index is -4.67. The molecule has 0 bridgehead atoms. The molecule has 0 heterocycles. The van der Waals surface area contributed by atoms with Crippen LogP contribution in [0.15, 0.2) is 152 Å². The molecular weight excluding hydrogens is 1780 g/mol. The number of methoxy groups -OCH3 is 1. The Hall–Kier alpha value is -14.2. The number of nitrogens with one attached hydrogen (secondary N) is 3. The maximum Gasteiger partial charge on any atom is 0.408 e. The van der Waals surface area contributed by atoms with Crippen LogP contribution in [-0.4, -0.2) is 182 Å². The summed E-state index contributed by atoms with van der Waals surface area (Å²) in [5, 5.41) is 108. The standard InChI is InChI=1S/C18H18FNO3.2C15H19FN2O6.2C10H11FN2O4.C10H12FNO2.ClH.HNO3.H2O4S/c1-12(14-9-6-10-15(19)11-14)16(18(22)23-2)20-17(21)13-7-4-3-5-8-13;1-8(10-7-9(16)5-6-11(10)18(22)23)12(13(19)20)17-14(21)24-15(2,3)4;1-8(9-5-6-11(18(22)23)10(16)7-9)12(13(19)20)17-14(21)24-15(2,3)4;1-5(9(12)10(14)15)7-4-6(11)2-3-8(7)13(16)17;1-5(9(12)10(14)15)6-2-3-8(13(16)17)7(11)4-6;1-6(9(12)10(13)14)7-3-2-4-8(11)5-7;;2-1(3)4;1-5(2,3)4/h3-12,16H,1-2H3,(H,20,21);2*5-8,12H,1-4H3,(H,17,21)(H,19,20);2*2-5,9H,12H2,1H3,(H,14,15);2-6,9H,12H2,1H3,(H,13,14);1H;(H,2,3,4);(H2,1,2,3,4)/t12-,16+;2*8-,12+;2*5-,9+;6-,9+;;;/m100000.../s1. The molecule has 0 saturated carbocycles. The van der Waals surface area contributed by atoms with Crippen LogP contribution in [0.2, 0.25) is 0 Å². The molecule has 3 amide bonds. The van der Waals surface area contributed by atoms with E-state index in [-0.39, 0.29) is 46.5 Å². The van der Waals surface area contributed by atoms with E-state index in [1.54, 1.807) is 104 Å². The van der Waals surface area contributed by atoms with Gasteiger partial charge in [-0.25, -0.2) is 41.5 Å². The van der Waals surface area contributed by atoms with Crippen molar-refractivity contribution in [2.45, 2.75) is 166 Å². The van der Waals surface area contributed by atoms with Crippen molar-refractivity contribution in [2.75, 3.05) is 7.11 Å². The molecule has 129 heavy (non-hydrogen) atoms. The quantitative estimate of drug-likeness (QED) is 0.00598. The number of benzene rings is 7. The highest BCUT2D eigenvalue weighted by Crippen LogP contribution is 2.33. The van der Waals surface area contributed by atoms with Gasteiger partial charge in [-0.15, -0.1) is 22.5 Å². The predicted octanol–water partition coefficient (Wildman–Crippen LogP) is 11.8. The van der Waals surface area contributed by atoms with Crippen LogP contribution in [-0.2, 0) is 53.4 Å². The Bertz CT molecular complexity index is 5170. The van der Waals surface area contributed by atoms with Crippen LogP contribution in [0.5, 0.6) is 0 Å². The summed E-state index contributed by atoms with van der Waals surface area (Å²) in [7, 11) is -3.41. The number of carbonyl (C=O) groups is 9. The van der Waals surface area contributed by atoms with Crippen molar-refractivity contribution < 1.29 is 157 Å². The summed E-state index contributed by atoms with van der Waals surface area (Å²) in [6.45, 7) is 18.8. The van der Waals surface area contributed by atoms with E-state index in [2.05, 4.69) is 16.0 Å². The number of hydrogen-bond acceptors (Lipinski definition) is 27. The summed E-state index contributed by atoms with van der Waals surface area (Å²) in [6.07, 6.45) is -1.91. The lowest BCUT2D eigenvalue weighted by Gasteiger charge is -2.25. The summed E-state index contributed by atoms with van der Waals surface area (Å²) in [5.41, 5.74) is 14.4. The summed E-state index contributed by atoms with van der Waals surface area (Å²) in [5.74, 6) is -15.8. The van der Waals surface area contributed by atoms with Crippen LogP contribution in [0.1, 0.15) is 162 Å². The maximum absolute atomic E-state index is 13.7. The molecule has 17 N–H and O–H groups in total. The first kappa shape index (κ1) is 117. The molecule has 0 radical (unpaired) electrons. The summed E-state index contributed by atoms with van der Waals surface area (Å²) < 4.78 is 126. The second-order valence-corrected chi connectivity index (χ2v) is 29.6. The van der Waals surface area contributed by atoms with Crippen LogP contribution < -0.4 is 33.2 Å². The lowest BCUT2D eigenvalue weighted by atomic mass is 9.92. The smallest absolute Gasteiger partial charge is 0.408 e. The zero-order valence-corrected chi connectivity index (χ0v) is 71.9. The number of ether oxygens (including phenoxy) is 3. The van der Waals surface area contributed by atoms with Gasteiger partial charge in [-0.2, -0.15) is 17.2 Å². The molecule has 7 aromatic carbocycles. The Labute approximate surface area is 735 Å². The molecular formula is C78H94ClF6N11O32S. The average molecular weight is 1880 g/mol. The van der Waals surface area contributed by atoms with E-state index >= 15 is 0 Å². The lowest BCUT2D eigenvalue weighted by Crippen LogP contribution is -2.46. The fraction of sp³-hybridized carbons (Fsp3) is 0.346. The van der Waals surface area contributed by atoms with Crippen LogP contribution in [0, 0.1) is 85.5 Å². The number of halogens is 7. The first-order valence-corrected chi connectivity index (χ1v) is 37.8. The van der Waals surface area contributed by atoms with Gasteiger partial charge in [0.25, 0.3) is 22.4 Å². The summed E-state index contributed by atoms with van der Waals surface area (Å²) in [4.78, 5) is 151. The van der Waals surface area contributed by atoms with Gasteiger partial charge in [0.1, 0.15) is 70.7 Å². The molecule has 0 aliphatic rings. The Kier molecular flexibility index (Phi) is 48.9. The molecule has 0 fully saturated rings. The van der Waals surface area contributed by atoms with Gasteiger partial charge in [-0.05, 0) is 137 Å². The number of amides is 3. The second-order valence-electron chi connectivity index (χ2n) is 28.7. The van der Waals surface area contributed by atoms with E-state index in [9.17, 15) is 120 Å². The highest BCUT2D eigenvalue weighted by Gasteiger charge is 2.37. The number of nitrogens with two attached hydrogens (primary N) is 3.